The van der Waals surface area contributed by atoms with Gasteiger partial charge < -0.3 is 14.2 Å². The molecule has 0 spiro atoms. The lowest BCUT2D eigenvalue weighted by Crippen LogP contribution is -2.41. The number of carbonyl (C=O) groups is 2. The first-order chi connectivity index (χ1) is 11.6. The van der Waals surface area contributed by atoms with Crippen molar-refractivity contribution in [1.29, 1.82) is 0 Å². The van der Waals surface area contributed by atoms with Gasteiger partial charge >= 0.3 is 5.97 Å². The third kappa shape index (κ3) is 3.74. The van der Waals surface area contributed by atoms with Crippen LogP contribution in [0.25, 0.3) is 0 Å². The molecule has 3 rings (SSSR count). The number of aromatic nitrogens is 3. The van der Waals surface area contributed by atoms with Crippen LogP contribution in [0.1, 0.15) is 44.3 Å². The zero-order valence-corrected chi connectivity index (χ0v) is 15.0. The Morgan fingerprint density at radius 1 is 1.21 bits per heavy atom. The van der Waals surface area contributed by atoms with E-state index in [4.69, 9.17) is 4.74 Å². The summed E-state index contributed by atoms with van der Waals surface area (Å²) in [6.07, 6.45) is 3.74. The largest absolute Gasteiger partial charge is 0.469 e. The van der Waals surface area contributed by atoms with Crippen LogP contribution in [0, 0.1) is 5.92 Å². The normalized spacial score (nSPS) is 18.7. The molecule has 0 bridgehead atoms. The molecule has 1 saturated carbocycles. The van der Waals surface area contributed by atoms with Gasteiger partial charge in [0.25, 0.3) is 0 Å². The maximum Gasteiger partial charge on any atom is 0.308 e. The van der Waals surface area contributed by atoms with E-state index in [9.17, 15) is 9.59 Å². The standard InChI is InChI=1S/C16H24N4O3S/c1-3-20-14(11-4-5-11)17-18-16(20)24-10-13(21)19-8-6-12(7-9-19)15(22)23-2/h11-12H,3-10H2,1-2H3. The average molecular weight is 352 g/mol. The molecule has 1 amide bonds. The summed E-state index contributed by atoms with van der Waals surface area (Å²) in [4.78, 5) is 25.8. The monoisotopic (exact) mass is 352 g/mol. The summed E-state index contributed by atoms with van der Waals surface area (Å²) in [5.41, 5.74) is 0. The molecule has 1 aliphatic heterocycles. The van der Waals surface area contributed by atoms with Crippen molar-refractivity contribution >= 4 is 23.6 Å². The van der Waals surface area contributed by atoms with Crippen molar-refractivity contribution in [3.63, 3.8) is 0 Å². The lowest BCUT2D eigenvalue weighted by Gasteiger charge is -2.30. The van der Waals surface area contributed by atoms with E-state index >= 15 is 0 Å². The lowest BCUT2D eigenvalue weighted by molar-refractivity contribution is -0.148. The van der Waals surface area contributed by atoms with Crippen molar-refractivity contribution in [2.24, 2.45) is 5.92 Å². The molecular formula is C16H24N4O3S. The van der Waals surface area contributed by atoms with Crippen LogP contribution < -0.4 is 0 Å². The quantitative estimate of drug-likeness (QED) is 0.573. The van der Waals surface area contributed by atoms with Gasteiger partial charge in [0, 0.05) is 25.6 Å². The number of piperidine rings is 1. The number of amides is 1. The van der Waals surface area contributed by atoms with Crippen molar-refractivity contribution in [2.75, 3.05) is 26.0 Å². The molecule has 2 fully saturated rings. The first-order valence-electron chi connectivity index (χ1n) is 8.55. The van der Waals surface area contributed by atoms with Crippen LogP contribution in [0.2, 0.25) is 0 Å². The van der Waals surface area contributed by atoms with Gasteiger partial charge in [0.05, 0.1) is 18.8 Å². The van der Waals surface area contributed by atoms with Crippen molar-refractivity contribution in [3.8, 4) is 0 Å². The predicted molar refractivity (Wildman–Crippen MR) is 89.7 cm³/mol. The highest BCUT2D eigenvalue weighted by molar-refractivity contribution is 7.99. The van der Waals surface area contributed by atoms with Crippen LogP contribution >= 0.6 is 11.8 Å². The lowest BCUT2D eigenvalue weighted by atomic mass is 9.97. The van der Waals surface area contributed by atoms with Gasteiger partial charge in [-0.25, -0.2) is 0 Å². The first kappa shape index (κ1) is 17.3. The van der Waals surface area contributed by atoms with Crippen LogP contribution in [0.3, 0.4) is 0 Å². The fourth-order valence-electron chi connectivity index (χ4n) is 3.10. The summed E-state index contributed by atoms with van der Waals surface area (Å²) in [5, 5.41) is 9.38. The Hall–Kier alpha value is -1.57. The maximum absolute atomic E-state index is 12.4. The van der Waals surface area contributed by atoms with E-state index in [1.807, 2.05) is 4.90 Å². The number of thioether (sulfide) groups is 1. The SMILES string of the molecule is CCn1c(SCC(=O)N2CCC(C(=O)OC)CC2)nnc1C1CC1. The van der Waals surface area contributed by atoms with Crippen LogP contribution in [-0.4, -0.2) is 57.5 Å². The Labute approximate surface area is 146 Å². The molecule has 0 atom stereocenters. The van der Waals surface area contributed by atoms with Crippen LogP contribution in [-0.2, 0) is 20.9 Å². The minimum atomic E-state index is -0.167. The van der Waals surface area contributed by atoms with Crippen molar-refractivity contribution in [1.82, 2.24) is 19.7 Å². The van der Waals surface area contributed by atoms with Crippen LogP contribution in [0.15, 0.2) is 5.16 Å². The minimum Gasteiger partial charge on any atom is -0.469 e. The molecule has 8 heteroatoms. The molecular weight excluding hydrogens is 328 g/mol. The average Bonchev–Trinajstić information content (AvgIpc) is 3.38. The van der Waals surface area contributed by atoms with Crippen LogP contribution in [0.4, 0.5) is 0 Å². The number of esters is 1. The van der Waals surface area contributed by atoms with Gasteiger partial charge in [-0.15, -0.1) is 10.2 Å². The molecule has 1 saturated heterocycles. The van der Waals surface area contributed by atoms with Crippen LogP contribution in [0.5, 0.6) is 0 Å². The first-order valence-corrected chi connectivity index (χ1v) is 9.54. The van der Waals surface area contributed by atoms with Gasteiger partial charge in [-0.3, -0.25) is 9.59 Å². The van der Waals surface area contributed by atoms with Gasteiger partial charge in [0.1, 0.15) is 5.82 Å². The zero-order valence-electron chi connectivity index (χ0n) is 14.2. The molecule has 24 heavy (non-hydrogen) atoms. The molecule has 2 heterocycles. The Morgan fingerprint density at radius 3 is 2.50 bits per heavy atom. The smallest absolute Gasteiger partial charge is 0.308 e. The Morgan fingerprint density at radius 2 is 1.92 bits per heavy atom. The van der Waals surface area contributed by atoms with E-state index in [-0.39, 0.29) is 17.8 Å². The molecule has 2 aliphatic rings. The Bertz CT molecular complexity index is 606. The summed E-state index contributed by atoms with van der Waals surface area (Å²) in [6.45, 7) is 4.15. The number of hydrogen-bond acceptors (Lipinski definition) is 6. The number of rotatable bonds is 6. The maximum atomic E-state index is 12.4. The molecule has 132 valence electrons. The predicted octanol–water partition coefficient (Wildman–Crippen LogP) is 1.68. The number of nitrogens with zero attached hydrogens (tertiary/aromatic N) is 4. The molecule has 1 aromatic heterocycles. The Kier molecular flexibility index (Phi) is 5.43. The van der Waals surface area contributed by atoms with E-state index < -0.39 is 0 Å². The molecule has 1 aliphatic carbocycles. The number of carbonyl (C=O) groups excluding carboxylic acids is 2. The number of hydrogen-bond donors (Lipinski definition) is 0. The third-order valence-electron chi connectivity index (χ3n) is 4.71. The summed E-state index contributed by atoms with van der Waals surface area (Å²) in [6, 6.07) is 0. The second kappa shape index (κ2) is 7.55. The highest BCUT2D eigenvalue weighted by Crippen LogP contribution is 2.40. The number of methoxy groups -OCH3 is 1. The highest BCUT2D eigenvalue weighted by atomic mass is 32.2. The van der Waals surface area contributed by atoms with E-state index in [2.05, 4.69) is 21.7 Å². The summed E-state index contributed by atoms with van der Waals surface area (Å²) < 4.78 is 6.90. The molecule has 0 aromatic carbocycles. The van der Waals surface area contributed by atoms with Gasteiger partial charge in [0.15, 0.2) is 5.16 Å². The second-order valence-electron chi connectivity index (χ2n) is 6.33. The molecule has 7 nitrogen and oxygen atoms in total. The van der Waals surface area contributed by atoms with Gasteiger partial charge in [-0.1, -0.05) is 11.8 Å². The second-order valence-corrected chi connectivity index (χ2v) is 7.27. The highest BCUT2D eigenvalue weighted by Gasteiger charge is 2.31. The van der Waals surface area contributed by atoms with Gasteiger partial charge in [0.2, 0.25) is 5.91 Å². The third-order valence-corrected chi connectivity index (χ3v) is 5.66. The summed E-state index contributed by atoms with van der Waals surface area (Å²) in [5.74, 6) is 1.84. The molecule has 1 aromatic rings. The Balaban J connectivity index is 1.50. The summed E-state index contributed by atoms with van der Waals surface area (Å²) >= 11 is 1.46. The van der Waals surface area contributed by atoms with Gasteiger partial charge in [-0.2, -0.15) is 0 Å². The molecule has 0 radical (unpaired) electrons. The number of ether oxygens (including phenoxy) is 1. The van der Waals surface area contributed by atoms with E-state index in [0.717, 1.165) is 17.5 Å². The fraction of sp³-hybridized carbons (Fsp3) is 0.750. The van der Waals surface area contributed by atoms with Crippen molar-refractivity contribution in [3.05, 3.63) is 5.82 Å². The van der Waals surface area contributed by atoms with E-state index in [0.29, 0.717) is 37.6 Å². The van der Waals surface area contributed by atoms with Gasteiger partial charge in [-0.05, 0) is 32.6 Å². The van der Waals surface area contributed by atoms with Crippen molar-refractivity contribution in [2.45, 2.75) is 50.2 Å². The van der Waals surface area contributed by atoms with E-state index in [1.165, 1.54) is 31.7 Å². The topological polar surface area (TPSA) is 77.3 Å². The molecule has 0 N–H and O–H groups in total. The molecule has 0 unspecified atom stereocenters. The fourth-order valence-corrected chi connectivity index (χ4v) is 4.01. The van der Waals surface area contributed by atoms with E-state index in [1.54, 1.807) is 0 Å². The number of likely N-dealkylation sites (tertiary alicyclic amines) is 1. The van der Waals surface area contributed by atoms with Crippen molar-refractivity contribution < 1.29 is 14.3 Å². The zero-order chi connectivity index (χ0) is 17.1. The minimum absolute atomic E-state index is 0.0732. The summed E-state index contributed by atoms with van der Waals surface area (Å²) in [7, 11) is 1.41.